The van der Waals surface area contributed by atoms with Crippen molar-refractivity contribution in [3.63, 3.8) is 0 Å². The van der Waals surface area contributed by atoms with Gasteiger partial charge in [-0.15, -0.1) is 0 Å². The fraction of sp³-hybridized carbons (Fsp3) is 0.143. The second-order valence-electron chi connectivity index (χ2n) is 2.60. The number of benzene rings is 1. The average Bonchev–Trinajstić information content (AvgIpc) is 2.07. The molecular weight excluding hydrogens is 272 g/mol. The summed E-state index contributed by atoms with van der Waals surface area (Å²) in [6, 6.07) is 2.80. The molecule has 0 saturated heterocycles. The predicted molar refractivity (Wildman–Crippen MR) is 53.4 cm³/mol. The van der Waals surface area contributed by atoms with Gasteiger partial charge in [0.05, 0.1) is 0 Å². The van der Waals surface area contributed by atoms with Crippen molar-refractivity contribution in [3.8, 4) is 0 Å². The van der Waals surface area contributed by atoms with Crippen molar-refractivity contribution in [3.05, 3.63) is 27.1 Å². The van der Waals surface area contributed by atoms with Gasteiger partial charge in [-0.05, 0) is 18.6 Å². The van der Waals surface area contributed by atoms with Crippen LogP contribution in [0.5, 0.6) is 0 Å². The first-order valence-electron chi connectivity index (χ1n) is 3.49. The molecule has 0 radical (unpaired) electrons. The van der Waals surface area contributed by atoms with Crippen molar-refractivity contribution in [2.75, 3.05) is 0 Å². The molecule has 5 nitrogen and oxygen atoms in total. The van der Waals surface area contributed by atoms with E-state index in [-0.39, 0.29) is 5.69 Å². The molecule has 0 aliphatic rings. The third-order valence-electron chi connectivity index (χ3n) is 1.68. The highest BCUT2D eigenvalue weighted by Gasteiger charge is 2.28. The lowest BCUT2D eigenvalue weighted by atomic mass is 10.2. The maximum Gasteiger partial charge on any atom is 0.406 e. The Bertz CT molecular complexity index is 518. The number of nitrogens with zero attached hydrogens (tertiary/aromatic N) is 2. The quantitative estimate of drug-likeness (QED) is 0.632. The number of rotatable bonds is 1. The summed E-state index contributed by atoms with van der Waals surface area (Å²) in [5, 5.41) is 8.53. The van der Waals surface area contributed by atoms with Crippen LogP contribution >= 0.6 is 15.9 Å². The number of hydrogen-bond acceptors (Lipinski definition) is 3. The topological polar surface area (TPSA) is 82.5 Å². The molecule has 0 bridgehead atoms. The molecule has 1 N–H and O–H groups in total. The van der Waals surface area contributed by atoms with Crippen LogP contribution in [0, 0.1) is 12.3 Å². The maximum atomic E-state index is 10.9. The zero-order valence-corrected chi connectivity index (χ0v) is 9.50. The maximum absolute atomic E-state index is 10.9. The van der Waals surface area contributed by atoms with Crippen LogP contribution < -0.4 is 0 Å². The molecule has 7 heteroatoms. The predicted octanol–water partition coefficient (Wildman–Crippen LogP) is 2.49. The van der Waals surface area contributed by atoms with Gasteiger partial charge in [-0.3, -0.25) is 4.55 Å². The van der Waals surface area contributed by atoms with E-state index in [1.54, 1.807) is 0 Å². The van der Waals surface area contributed by atoms with E-state index in [2.05, 4.69) is 20.9 Å². The minimum Gasteiger partial charge on any atom is -0.282 e. The molecule has 1 rings (SSSR count). The molecule has 1 aromatic carbocycles. The molecule has 14 heavy (non-hydrogen) atoms. The molecule has 1 aromatic rings. The first-order chi connectivity index (χ1) is 6.38. The minimum atomic E-state index is -4.38. The molecule has 0 aliphatic carbocycles. The number of halogens is 1. The normalized spacial score (nSPS) is 11.0. The SMILES string of the molecule is Cc1c(Br)ccc([N+]#N)c1S(=O)(=O)O. The Morgan fingerprint density at radius 3 is 2.50 bits per heavy atom. The van der Waals surface area contributed by atoms with Gasteiger partial charge < -0.3 is 0 Å². The van der Waals surface area contributed by atoms with Crippen LogP contribution in [-0.4, -0.2) is 13.0 Å². The summed E-state index contributed by atoms with van der Waals surface area (Å²) in [4.78, 5) is 2.38. The summed E-state index contributed by atoms with van der Waals surface area (Å²) in [6.45, 7) is 1.49. The Labute approximate surface area is 89.3 Å². The molecule has 0 heterocycles. The highest BCUT2D eigenvalue weighted by atomic mass is 79.9. The van der Waals surface area contributed by atoms with Crippen molar-refractivity contribution in [1.82, 2.24) is 0 Å². The highest BCUT2D eigenvalue weighted by Crippen LogP contribution is 2.32. The fourth-order valence-electron chi connectivity index (χ4n) is 1.06. The van der Waals surface area contributed by atoms with Crippen LogP contribution in [0.2, 0.25) is 0 Å². The molecule has 0 spiro atoms. The monoisotopic (exact) mass is 277 g/mol. The third kappa shape index (κ3) is 1.92. The number of diazo groups is 1. The fourth-order valence-corrected chi connectivity index (χ4v) is 2.39. The van der Waals surface area contributed by atoms with Crippen molar-refractivity contribution in [1.29, 1.82) is 5.39 Å². The molecule has 0 atom stereocenters. The van der Waals surface area contributed by atoms with Crippen LogP contribution in [0.4, 0.5) is 5.69 Å². The standard InChI is InChI=1S/C7H5BrN2O3S/c1-4-5(8)2-3-6(10-9)7(4)14(11,12)13/h2-3H,1H3/p+1. The van der Waals surface area contributed by atoms with Crippen molar-refractivity contribution in [2.24, 2.45) is 0 Å². The average molecular weight is 278 g/mol. The van der Waals surface area contributed by atoms with Gasteiger partial charge in [-0.25, -0.2) is 0 Å². The van der Waals surface area contributed by atoms with Crippen LogP contribution in [0.25, 0.3) is 4.98 Å². The molecule has 0 aliphatic heterocycles. The van der Waals surface area contributed by atoms with Gasteiger partial charge in [0.15, 0.2) is 9.87 Å². The lowest BCUT2D eigenvalue weighted by Gasteiger charge is -2.00. The van der Waals surface area contributed by atoms with E-state index in [0.717, 1.165) is 0 Å². The lowest BCUT2D eigenvalue weighted by molar-refractivity contribution is 0.483. The summed E-state index contributed by atoms with van der Waals surface area (Å²) in [5.41, 5.74) is 0.107. The van der Waals surface area contributed by atoms with E-state index in [4.69, 9.17) is 9.95 Å². The molecule has 74 valence electrons. The van der Waals surface area contributed by atoms with E-state index >= 15 is 0 Å². The molecule has 0 amide bonds. The van der Waals surface area contributed by atoms with Crippen LogP contribution in [0.15, 0.2) is 21.5 Å². The molecule has 0 saturated carbocycles. The Kier molecular flexibility index (Phi) is 2.89. The van der Waals surface area contributed by atoms with E-state index in [0.29, 0.717) is 10.0 Å². The van der Waals surface area contributed by atoms with Crippen molar-refractivity contribution in [2.45, 2.75) is 11.8 Å². The second kappa shape index (κ2) is 3.65. The Balaban J connectivity index is 3.72. The van der Waals surface area contributed by atoms with Crippen molar-refractivity contribution < 1.29 is 13.0 Å². The third-order valence-corrected chi connectivity index (χ3v) is 3.58. The van der Waals surface area contributed by atoms with Gasteiger partial charge in [0, 0.05) is 10.5 Å². The van der Waals surface area contributed by atoms with Gasteiger partial charge in [0.25, 0.3) is 0 Å². The Hall–Kier alpha value is -0.970. The first-order valence-corrected chi connectivity index (χ1v) is 5.73. The zero-order valence-electron chi connectivity index (χ0n) is 7.10. The summed E-state index contributed by atoms with van der Waals surface area (Å²) in [5.74, 6) is 0. The Morgan fingerprint density at radius 1 is 1.50 bits per heavy atom. The van der Waals surface area contributed by atoms with E-state index in [1.165, 1.54) is 19.1 Å². The summed E-state index contributed by atoms with van der Waals surface area (Å²) in [6.07, 6.45) is 0. The van der Waals surface area contributed by atoms with E-state index in [1.807, 2.05) is 0 Å². The van der Waals surface area contributed by atoms with E-state index in [9.17, 15) is 8.42 Å². The van der Waals surface area contributed by atoms with Crippen LogP contribution in [0.3, 0.4) is 0 Å². The number of hydrogen-bond donors (Lipinski definition) is 1. The van der Waals surface area contributed by atoms with Crippen LogP contribution in [-0.2, 0) is 10.1 Å². The Morgan fingerprint density at radius 2 is 2.07 bits per heavy atom. The largest absolute Gasteiger partial charge is 0.406 e. The lowest BCUT2D eigenvalue weighted by Crippen LogP contribution is -2.01. The van der Waals surface area contributed by atoms with Gasteiger partial charge in [0.1, 0.15) is 0 Å². The minimum absolute atomic E-state index is 0.187. The van der Waals surface area contributed by atoms with E-state index < -0.39 is 15.0 Å². The molecule has 0 unspecified atom stereocenters. The zero-order chi connectivity index (χ0) is 10.9. The highest BCUT2D eigenvalue weighted by molar-refractivity contribution is 9.10. The van der Waals surface area contributed by atoms with Gasteiger partial charge >= 0.3 is 15.8 Å². The molecular formula is C7H6BrN2O3S+. The summed E-state index contributed by atoms with van der Waals surface area (Å²) in [7, 11) is -4.38. The molecule has 0 fully saturated rings. The van der Waals surface area contributed by atoms with Gasteiger partial charge in [0.2, 0.25) is 5.39 Å². The smallest absolute Gasteiger partial charge is 0.282 e. The second-order valence-corrected chi connectivity index (χ2v) is 4.81. The van der Waals surface area contributed by atoms with Crippen molar-refractivity contribution >= 4 is 31.7 Å². The summed E-state index contributed by atoms with van der Waals surface area (Å²) < 4.78 is 31.3. The van der Waals surface area contributed by atoms with Crippen LogP contribution in [0.1, 0.15) is 5.56 Å². The summed E-state index contributed by atoms with van der Waals surface area (Å²) >= 11 is 3.10. The molecule has 0 aromatic heterocycles. The van der Waals surface area contributed by atoms with Gasteiger partial charge in [-0.2, -0.15) is 8.42 Å². The first kappa shape index (κ1) is 11.1. The van der Waals surface area contributed by atoms with Gasteiger partial charge in [-0.1, -0.05) is 15.9 Å².